The van der Waals surface area contributed by atoms with E-state index >= 15 is 0 Å². The lowest BCUT2D eigenvalue weighted by molar-refractivity contribution is -0.253. The van der Waals surface area contributed by atoms with Crippen LogP contribution in [-0.4, -0.2) is 19.2 Å². The summed E-state index contributed by atoms with van der Waals surface area (Å²) in [7, 11) is 0. The number of ether oxygens (including phenoxy) is 1. The van der Waals surface area contributed by atoms with Gasteiger partial charge in [0.1, 0.15) is 19.5 Å². The number of hydrogen-bond donors (Lipinski definition) is 0. The van der Waals surface area contributed by atoms with E-state index in [0.29, 0.717) is 0 Å². The van der Waals surface area contributed by atoms with Gasteiger partial charge >= 0.3 is 5.97 Å². The Bertz CT molecular complexity index is 110. The Balaban J connectivity index is 2.90. The van der Waals surface area contributed by atoms with E-state index in [1.807, 2.05) is 0 Å². The molecular formula is C6H10O4. The Kier molecular flexibility index (Phi) is 5.47. The monoisotopic (exact) mass is 146 g/mol. The zero-order valence-electron chi connectivity index (χ0n) is 5.83. The molecule has 0 bridgehead atoms. The number of carbonyl (C=O) groups excluding carboxylic acids is 1. The van der Waals surface area contributed by atoms with Gasteiger partial charge in [0.25, 0.3) is 0 Å². The van der Waals surface area contributed by atoms with Gasteiger partial charge < -0.3 is 9.62 Å². The van der Waals surface area contributed by atoms with Gasteiger partial charge in [-0.3, -0.25) is 4.79 Å². The van der Waals surface area contributed by atoms with Gasteiger partial charge in [-0.1, -0.05) is 6.58 Å². The quantitative estimate of drug-likeness (QED) is 0.188. The van der Waals surface area contributed by atoms with Gasteiger partial charge in [-0.15, -0.1) is 0 Å². The molecule has 0 aliphatic rings. The second kappa shape index (κ2) is 6.10. The summed E-state index contributed by atoms with van der Waals surface area (Å²) in [5, 5.41) is 0. The van der Waals surface area contributed by atoms with Crippen LogP contribution < -0.4 is 0 Å². The summed E-state index contributed by atoms with van der Waals surface area (Å²) in [5.41, 5.74) is 0. The molecule has 0 aromatic heterocycles. The molecule has 0 rings (SSSR count). The molecule has 0 spiro atoms. The van der Waals surface area contributed by atoms with Crippen molar-refractivity contribution >= 4 is 5.97 Å². The fourth-order valence-electron chi connectivity index (χ4n) is 0.316. The molecule has 4 heteroatoms. The lowest BCUT2D eigenvalue weighted by Gasteiger charge is -2.00. The van der Waals surface area contributed by atoms with E-state index < -0.39 is 0 Å². The predicted octanol–water partition coefficient (Wildman–Crippen LogP) is 0.641. The fraction of sp³-hybridized carbons (Fsp3) is 0.500. The van der Waals surface area contributed by atoms with E-state index in [4.69, 9.17) is 0 Å². The topological polar surface area (TPSA) is 44.8 Å². The van der Waals surface area contributed by atoms with Crippen molar-refractivity contribution in [2.75, 3.05) is 13.2 Å². The van der Waals surface area contributed by atoms with Gasteiger partial charge in [-0.2, -0.15) is 4.89 Å². The molecule has 10 heavy (non-hydrogen) atoms. The van der Waals surface area contributed by atoms with Crippen LogP contribution in [-0.2, 0) is 19.3 Å². The Labute approximate surface area is 59.3 Å². The van der Waals surface area contributed by atoms with Crippen LogP contribution in [0.3, 0.4) is 0 Å². The molecule has 0 saturated heterocycles. The Morgan fingerprint density at radius 1 is 1.60 bits per heavy atom. The van der Waals surface area contributed by atoms with Crippen molar-refractivity contribution in [3.63, 3.8) is 0 Å². The summed E-state index contributed by atoms with van der Waals surface area (Å²) in [6.07, 6.45) is 1.15. The summed E-state index contributed by atoms with van der Waals surface area (Å²) >= 11 is 0. The standard InChI is InChI=1S/C6H10O4/c1-3-9-10-5-4-8-6(2)7/h3H,1,4-5H2,2H3. The average Bonchev–Trinajstić information content (AvgIpc) is 1.87. The first kappa shape index (κ1) is 8.97. The van der Waals surface area contributed by atoms with Crippen molar-refractivity contribution in [3.8, 4) is 0 Å². The van der Waals surface area contributed by atoms with Crippen LogP contribution in [0.4, 0.5) is 0 Å². The third kappa shape index (κ3) is 6.97. The molecule has 0 N–H and O–H groups in total. The van der Waals surface area contributed by atoms with Gasteiger partial charge in [0.15, 0.2) is 0 Å². The number of carbonyl (C=O) groups is 1. The summed E-state index contributed by atoms with van der Waals surface area (Å²) in [6.45, 7) is 4.98. The Hall–Kier alpha value is -1.03. The maximum atomic E-state index is 10.1. The number of rotatable bonds is 5. The van der Waals surface area contributed by atoms with Crippen molar-refractivity contribution in [3.05, 3.63) is 12.8 Å². The third-order valence-corrected chi connectivity index (χ3v) is 0.608. The van der Waals surface area contributed by atoms with E-state index in [9.17, 15) is 4.79 Å². The minimum absolute atomic E-state index is 0.198. The molecule has 0 amide bonds. The van der Waals surface area contributed by atoms with Crippen molar-refractivity contribution in [1.82, 2.24) is 0 Å². The molecule has 4 nitrogen and oxygen atoms in total. The van der Waals surface area contributed by atoms with Crippen molar-refractivity contribution in [2.24, 2.45) is 0 Å². The first-order valence-electron chi connectivity index (χ1n) is 2.80. The Morgan fingerprint density at radius 2 is 2.30 bits per heavy atom. The van der Waals surface area contributed by atoms with Crippen molar-refractivity contribution in [2.45, 2.75) is 6.92 Å². The average molecular weight is 146 g/mol. The molecule has 0 radical (unpaired) electrons. The van der Waals surface area contributed by atoms with Crippen LogP contribution in [0.2, 0.25) is 0 Å². The van der Waals surface area contributed by atoms with E-state index in [2.05, 4.69) is 21.1 Å². The minimum Gasteiger partial charge on any atom is -0.463 e. The summed E-state index contributed by atoms with van der Waals surface area (Å²) < 4.78 is 4.51. The first-order valence-corrected chi connectivity index (χ1v) is 2.80. The molecule has 58 valence electrons. The molecule has 0 heterocycles. The molecule has 0 aromatic carbocycles. The highest BCUT2D eigenvalue weighted by Gasteiger charge is 1.91. The van der Waals surface area contributed by atoms with Crippen LogP contribution in [0.15, 0.2) is 12.8 Å². The van der Waals surface area contributed by atoms with Gasteiger partial charge in [-0.05, 0) is 0 Å². The van der Waals surface area contributed by atoms with E-state index in [-0.39, 0.29) is 19.2 Å². The minimum atomic E-state index is -0.331. The van der Waals surface area contributed by atoms with Crippen molar-refractivity contribution in [1.29, 1.82) is 0 Å². The second-order valence-corrected chi connectivity index (χ2v) is 1.42. The van der Waals surface area contributed by atoms with Crippen LogP contribution in [0.1, 0.15) is 6.92 Å². The van der Waals surface area contributed by atoms with Gasteiger partial charge in [0, 0.05) is 6.92 Å². The van der Waals surface area contributed by atoms with E-state index in [1.165, 1.54) is 6.92 Å². The van der Waals surface area contributed by atoms with Gasteiger partial charge in [-0.25, -0.2) is 0 Å². The summed E-state index contributed by atoms with van der Waals surface area (Å²) in [6, 6.07) is 0. The molecule has 0 saturated carbocycles. The highest BCUT2D eigenvalue weighted by Crippen LogP contribution is 1.80. The van der Waals surface area contributed by atoms with Crippen LogP contribution in [0.5, 0.6) is 0 Å². The molecule has 0 aliphatic heterocycles. The SMILES string of the molecule is C=COOCCOC(C)=O. The molecule has 0 aromatic rings. The Morgan fingerprint density at radius 3 is 2.80 bits per heavy atom. The maximum Gasteiger partial charge on any atom is 0.302 e. The first-order chi connectivity index (χ1) is 4.77. The second-order valence-electron chi connectivity index (χ2n) is 1.42. The molecule has 0 fully saturated rings. The van der Waals surface area contributed by atoms with Gasteiger partial charge in [0.2, 0.25) is 0 Å². The predicted molar refractivity (Wildman–Crippen MR) is 33.9 cm³/mol. The normalized spacial score (nSPS) is 8.50. The van der Waals surface area contributed by atoms with Crippen LogP contribution >= 0.6 is 0 Å². The maximum absolute atomic E-state index is 10.1. The molecule has 0 unspecified atom stereocenters. The third-order valence-electron chi connectivity index (χ3n) is 0.608. The zero-order chi connectivity index (χ0) is 7.82. The lowest BCUT2D eigenvalue weighted by Crippen LogP contribution is -2.06. The molecular weight excluding hydrogens is 136 g/mol. The summed E-state index contributed by atoms with van der Waals surface area (Å²) in [5.74, 6) is -0.331. The fourth-order valence-corrected chi connectivity index (χ4v) is 0.316. The lowest BCUT2D eigenvalue weighted by atomic mass is 10.7. The largest absolute Gasteiger partial charge is 0.463 e. The highest BCUT2D eigenvalue weighted by molar-refractivity contribution is 5.65. The number of hydrogen-bond acceptors (Lipinski definition) is 4. The molecule has 0 atom stereocenters. The van der Waals surface area contributed by atoms with Crippen molar-refractivity contribution < 1.29 is 19.3 Å². The van der Waals surface area contributed by atoms with Gasteiger partial charge in [0.05, 0.1) is 0 Å². The summed E-state index contributed by atoms with van der Waals surface area (Å²) in [4.78, 5) is 18.9. The van der Waals surface area contributed by atoms with E-state index in [0.717, 1.165) is 6.26 Å². The molecule has 0 aliphatic carbocycles. The smallest absolute Gasteiger partial charge is 0.302 e. The van der Waals surface area contributed by atoms with Crippen LogP contribution in [0.25, 0.3) is 0 Å². The highest BCUT2D eigenvalue weighted by atomic mass is 17.2. The number of esters is 1. The van der Waals surface area contributed by atoms with E-state index in [1.54, 1.807) is 0 Å². The van der Waals surface area contributed by atoms with Crippen LogP contribution in [0, 0.1) is 0 Å². The zero-order valence-corrected chi connectivity index (χ0v) is 5.83.